The largest absolute Gasteiger partial charge is 0.494 e. The number of aryl methyl sites for hydroxylation is 1. The minimum Gasteiger partial charge on any atom is -0.405 e. The summed E-state index contributed by atoms with van der Waals surface area (Å²) in [4.78, 5) is 0. The molecule has 0 bridgehead atoms. The zero-order chi connectivity index (χ0) is 15.2. The number of hydrogen-bond donors (Lipinski definition) is 0. The second kappa shape index (κ2) is 7.85. The molecule has 1 unspecified atom stereocenters. The summed E-state index contributed by atoms with van der Waals surface area (Å²) in [7, 11) is -0.223. The van der Waals surface area contributed by atoms with Crippen LogP contribution in [0.15, 0.2) is 24.3 Å². The van der Waals surface area contributed by atoms with Crippen molar-refractivity contribution in [1.29, 1.82) is 0 Å². The highest BCUT2D eigenvalue weighted by Crippen LogP contribution is 2.25. The summed E-state index contributed by atoms with van der Waals surface area (Å²) in [5, 5.41) is 0. The summed E-state index contributed by atoms with van der Waals surface area (Å²) in [6, 6.07) is 8.51. The van der Waals surface area contributed by atoms with E-state index in [4.69, 9.17) is 9.31 Å². The highest BCUT2D eigenvalue weighted by Gasteiger charge is 2.37. The van der Waals surface area contributed by atoms with E-state index in [0.29, 0.717) is 0 Å². The van der Waals surface area contributed by atoms with E-state index in [-0.39, 0.29) is 18.8 Å². The van der Waals surface area contributed by atoms with Crippen LogP contribution >= 0.6 is 0 Å². The Hall–Kier alpha value is -0.795. The monoisotopic (exact) mass is 276 g/mol. The van der Waals surface area contributed by atoms with Crippen molar-refractivity contribution in [1.82, 2.24) is 0 Å². The zero-order valence-corrected chi connectivity index (χ0v) is 13.9. The Labute approximate surface area is 125 Å². The number of hydrogen-bond acceptors (Lipinski definition) is 2. The molecule has 1 aromatic carbocycles. The molecule has 1 aliphatic rings. The standard InChI is InChI=1S/C14H21BO2.C3H8/c1-5-12-6-8-13(9-7-12)15-16-11(2)10-14(3,4)17-15;1-3-2/h6-9,11H,5,10H2,1-4H3;3H2,1-2H3. The Balaban J connectivity index is 0.000000612. The van der Waals surface area contributed by atoms with Crippen molar-refractivity contribution in [2.75, 3.05) is 0 Å². The molecule has 1 fully saturated rings. The lowest BCUT2D eigenvalue weighted by molar-refractivity contribution is -0.0229. The predicted molar refractivity (Wildman–Crippen MR) is 87.5 cm³/mol. The van der Waals surface area contributed by atoms with Gasteiger partial charge in [-0.3, -0.25) is 0 Å². The van der Waals surface area contributed by atoms with Crippen LogP contribution in [0.5, 0.6) is 0 Å². The van der Waals surface area contributed by atoms with Crippen LogP contribution in [0.4, 0.5) is 0 Å². The molecule has 0 N–H and O–H groups in total. The van der Waals surface area contributed by atoms with Gasteiger partial charge in [-0.15, -0.1) is 0 Å². The first-order valence-corrected chi connectivity index (χ1v) is 7.84. The maximum absolute atomic E-state index is 5.98. The Morgan fingerprint density at radius 3 is 2.15 bits per heavy atom. The molecule has 1 saturated heterocycles. The fourth-order valence-electron chi connectivity index (χ4n) is 2.37. The van der Waals surface area contributed by atoms with E-state index in [1.54, 1.807) is 0 Å². The molecule has 0 aliphatic carbocycles. The summed E-state index contributed by atoms with van der Waals surface area (Å²) in [5.74, 6) is 0. The topological polar surface area (TPSA) is 18.5 Å². The van der Waals surface area contributed by atoms with E-state index in [2.05, 4.69) is 65.8 Å². The van der Waals surface area contributed by atoms with Crippen LogP contribution < -0.4 is 5.46 Å². The Morgan fingerprint density at radius 2 is 1.70 bits per heavy atom. The zero-order valence-electron chi connectivity index (χ0n) is 13.9. The van der Waals surface area contributed by atoms with E-state index in [9.17, 15) is 0 Å². The molecule has 112 valence electrons. The highest BCUT2D eigenvalue weighted by molar-refractivity contribution is 6.61. The van der Waals surface area contributed by atoms with Crippen molar-refractivity contribution in [2.24, 2.45) is 0 Å². The molecule has 20 heavy (non-hydrogen) atoms. The van der Waals surface area contributed by atoms with Gasteiger partial charge in [0.15, 0.2) is 0 Å². The van der Waals surface area contributed by atoms with Crippen LogP contribution in [-0.2, 0) is 15.7 Å². The van der Waals surface area contributed by atoms with E-state index in [1.165, 1.54) is 12.0 Å². The lowest BCUT2D eigenvalue weighted by Gasteiger charge is -2.38. The predicted octanol–water partition coefficient (Wildman–Crippen LogP) is 3.96. The summed E-state index contributed by atoms with van der Waals surface area (Å²) in [6.07, 6.45) is 3.50. The lowest BCUT2D eigenvalue weighted by Crippen LogP contribution is -2.51. The van der Waals surface area contributed by atoms with Gasteiger partial charge in [-0.05, 0) is 44.6 Å². The lowest BCUT2D eigenvalue weighted by atomic mass is 9.74. The molecule has 0 radical (unpaired) electrons. The van der Waals surface area contributed by atoms with Gasteiger partial charge in [0.05, 0.1) is 5.60 Å². The SMILES string of the molecule is CCC.CCc1ccc(B2OC(C)CC(C)(C)O2)cc1. The first-order valence-electron chi connectivity index (χ1n) is 7.84. The van der Waals surface area contributed by atoms with Gasteiger partial charge in [0.2, 0.25) is 0 Å². The second-order valence-corrected chi connectivity index (χ2v) is 6.16. The van der Waals surface area contributed by atoms with E-state index in [1.807, 2.05) is 0 Å². The van der Waals surface area contributed by atoms with Gasteiger partial charge in [-0.1, -0.05) is 51.5 Å². The van der Waals surface area contributed by atoms with Gasteiger partial charge in [0, 0.05) is 6.10 Å². The second-order valence-electron chi connectivity index (χ2n) is 6.16. The first-order chi connectivity index (χ1) is 9.41. The Morgan fingerprint density at radius 1 is 1.15 bits per heavy atom. The molecule has 1 aliphatic heterocycles. The van der Waals surface area contributed by atoms with Crippen LogP contribution in [0.3, 0.4) is 0 Å². The molecule has 1 atom stereocenters. The normalized spacial score (nSPS) is 21.1. The minimum atomic E-state index is -0.223. The van der Waals surface area contributed by atoms with Crippen molar-refractivity contribution in [3.8, 4) is 0 Å². The quantitative estimate of drug-likeness (QED) is 0.761. The van der Waals surface area contributed by atoms with Gasteiger partial charge in [0.1, 0.15) is 0 Å². The maximum atomic E-state index is 5.98. The summed E-state index contributed by atoms with van der Waals surface area (Å²) < 4.78 is 11.8. The molecule has 2 nitrogen and oxygen atoms in total. The van der Waals surface area contributed by atoms with Crippen LogP contribution in [0.25, 0.3) is 0 Å². The van der Waals surface area contributed by atoms with E-state index < -0.39 is 0 Å². The molecule has 1 heterocycles. The smallest absolute Gasteiger partial charge is 0.405 e. The van der Waals surface area contributed by atoms with Crippen LogP contribution in [-0.4, -0.2) is 18.8 Å². The molecule has 0 amide bonds. The van der Waals surface area contributed by atoms with Crippen molar-refractivity contribution >= 4 is 12.6 Å². The summed E-state index contributed by atoms with van der Waals surface area (Å²) in [5.41, 5.74) is 2.35. The van der Waals surface area contributed by atoms with Crippen molar-refractivity contribution in [3.63, 3.8) is 0 Å². The number of benzene rings is 1. The molecule has 0 saturated carbocycles. The van der Waals surface area contributed by atoms with Gasteiger partial charge < -0.3 is 9.31 Å². The minimum absolute atomic E-state index is 0.105. The number of rotatable bonds is 2. The van der Waals surface area contributed by atoms with Crippen LogP contribution in [0.2, 0.25) is 0 Å². The van der Waals surface area contributed by atoms with Crippen LogP contribution in [0, 0.1) is 0 Å². The average Bonchev–Trinajstić information content (AvgIpc) is 2.37. The molecule has 0 spiro atoms. The van der Waals surface area contributed by atoms with Crippen molar-refractivity contribution in [3.05, 3.63) is 29.8 Å². The molecular formula is C17H29BO2. The molecular weight excluding hydrogens is 247 g/mol. The molecule has 3 heteroatoms. The van der Waals surface area contributed by atoms with Gasteiger partial charge >= 0.3 is 7.12 Å². The Kier molecular flexibility index (Phi) is 6.77. The average molecular weight is 276 g/mol. The summed E-state index contributed by atoms with van der Waals surface area (Å²) >= 11 is 0. The third kappa shape index (κ3) is 5.30. The fraction of sp³-hybridized carbons (Fsp3) is 0.647. The molecule has 1 aromatic rings. The van der Waals surface area contributed by atoms with Gasteiger partial charge in [0.25, 0.3) is 0 Å². The highest BCUT2D eigenvalue weighted by atomic mass is 16.6. The maximum Gasteiger partial charge on any atom is 0.494 e. The van der Waals surface area contributed by atoms with E-state index >= 15 is 0 Å². The van der Waals surface area contributed by atoms with Gasteiger partial charge in [-0.25, -0.2) is 0 Å². The van der Waals surface area contributed by atoms with E-state index in [0.717, 1.165) is 18.3 Å². The fourth-order valence-corrected chi connectivity index (χ4v) is 2.37. The first kappa shape index (κ1) is 17.3. The summed E-state index contributed by atoms with van der Waals surface area (Å²) in [6.45, 7) is 12.8. The third-order valence-corrected chi connectivity index (χ3v) is 3.22. The Bertz CT molecular complexity index is 386. The van der Waals surface area contributed by atoms with Crippen molar-refractivity contribution < 1.29 is 9.31 Å². The van der Waals surface area contributed by atoms with Gasteiger partial charge in [-0.2, -0.15) is 0 Å². The molecule has 0 aromatic heterocycles. The van der Waals surface area contributed by atoms with Crippen molar-refractivity contribution in [2.45, 2.75) is 72.5 Å². The molecule has 2 rings (SSSR count). The van der Waals surface area contributed by atoms with Crippen LogP contribution in [0.1, 0.15) is 59.9 Å². The third-order valence-electron chi connectivity index (χ3n) is 3.22.